The Kier molecular flexibility index (Phi) is 4.37. The average Bonchev–Trinajstić information content (AvgIpc) is 2.60. The molecular formula is C18H13F3N2O. The Labute approximate surface area is 136 Å². The highest BCUT2D eigenvalue weighted by molar-refractivity contribution is 5.66. The number of aromatic nitrogens is 1. The first-order chi connectivity index (χ1) is 11.6. The van der Waals surface area contributed by atoms with Crippen molar-refractivity contribution in [3.8, 4) is 16.9 Å². The highest BCUT2D eigenvalue weighted by Gasteiger charge is 2.15. The number of anilines is 1. The van der Waals surface area contributed by atoms with Crippen molar-refractivity contribution in [1.82, 2.24) is 4.98 Å². The smallest absolute Gasteiger partial charge is 0.168 e. The molecule has 0 amide bonds. The lowest BCUT2D eigenvalue weighted by molar-refractivity contribution is 0.290. The van der Waals surface area contributed by atoms with Crippen molar-refractivity contribution in [2.75, 3.05) is 5.73 Å². The summed E-state index contributed by atoms with van der Waals surface area (Å²) in [6.45, 7) is -0.500. The van der Waals surface area contributed by atoms with E-state index in [2.05, 4.69) is 4.98 Å². The number of pyridine rings is 1. The molecule has 2 N–H and O–H groups in total. The molecule has 0 saturated heterocycles. The lowest BCUT2D eigenvalue weighted by atomic mass is 10.1. The SMILES string of the molecule is Nc1ncc(-c2ccccc2)cc1OCc1c(F)ccc(F)c1F. The van der Waals surface area contributed by atoms with Crippen LogP contribution in [0, 0.1) is 17.5 Å². The summed E-state index contributed by atoms with van der Waals surface area (Å²) in [7, 11) is 0. The molecule has 0 aliphatic carbocycles. The normalized spacial score (nSPS) is 10.6. The molecule has 0 saturated carbocycles. The number of hydrogen-bond donors (Lipinski definition) is 1. The summed E-state index contributed by atoms with van der Waals surface area (Å²) in [6.07, 6.45) is 1.57. The summed E-state index contributed by atoms with van der Waals surface area (Å²) in [5.41, 5.74) is 6.86. The van der Waals surface area contributed by atoms with E-state index in [-0.39, 0.29) is 11.6 Å². The molecule has 1 aromatic heterocycles. The van der Waals surface area contributed by atoms with E-state index in [0.717, 1.165) is 23.3 Å². The third kappa shape index (κ3) is 3.17. The van der Waals surface area contributed by atoms with E-state index in [1.54, 1.807) is 12.3 Å². The van der Waals surface area contributed by atoms with E-state index >= 15 is 0 Å². The Hall–Kier alpha value is -3.02. The van der Waals surface area contributed by atoms with Crippen LogP contribution in [0.4, 0.5) is 19.0 Å². The summed E-state index contributed by atoms with van der Waals surface area (Å²) in [4.78, 5) is 4.02. The Morgan fingerprint density at radius 1 is 0.917 bits per heavy atom. The van der Waals surface area contributed by atoms with Gasteiger partial charge in [-0.05, 0) is 23.8 Å². The highest BCUT2D eigenvalue weighted by Crippen LogP contribution is 2.28. The lowest BCUT2D eigenvalue weighted by Gasteiger charge is -2.11. The number of ether oxygens (including phenoxy) is 1. The second-order valence-corrected chi connectivity index (χ2v) is 5.08. The summed E-state index contributed by atoms with van der Waals surface area (Å²) < 4.78 is 45.9. The molecule has 0 unspecified atom stereocenters. The van der Waals surface area contributed by atoms with Crippen molar-refractivity contribution in [2.45, 2.75) is 6.61 Å². The first-order valence-electron chi connectivity index (χ1n) is 7.12. The maximum atomic E-state index is 13.7. The van der Waals surface area contributed by atoms with Crippen molar-refractivity contribution < 1.29 is 17.9 Å². The molecule has 24 heavy (non-hydrogen) atoms. The van der Waals surface area contributed by atoms with Gasteiger partial charge in [-0.2, -0.15) is 0 Å². The van der Waals surface area contributed by atoms with Gasteiger partial charge in [-0.15, -0.1) is 0 Å². The summed E-state index contributed by atoms with van der Waals surface area (Å²) in [5, 5.41) is 0. The second-order valence-electron chi connectivity index (χ2n) is 5.08. The molecule has 0 atom stereocenters. The van der Waals surface area contributed by atoms with E-state index < -0.39 is 29.6 Å². The van der Waals surface area contributed by atoms with Crippen LogP contribution in [-0.2, 0) is 6.61 Å². The number of nitrogens with two attached hydrogens (primary N) is 1. The van der Waals surface area contributed by atoms with E-state index in [9.17, 15) is 13.2 Å². The van der Waals surface area contributed by atoms with Crippen molar-refractivity contribution >= 4 is 5.82 Å². The Bertz CT molecular complexity index is 870. The number of halogens is 3. The van der Waals surface area contributed by atoms with Crippen LogP contribution in [0.2, 0.25) is 0 Å². The molecule has 3 aromatic rings. The Morgan fingerprint density at radius 2 is 1.62 bits per heavy atom. The van der Waals surface area contributed by atoms with Gasteiger partial charge >= 0.3 is 0 Å². The molecular weight excluding hydrogens is 317 g/mol. The second kappa shape index (κ2) is 6.62. The molecule has 0 fully saturated rings. The van der Waals surface area contributed by atoms with Gasteiger partial charge in [-0.25, -0.2) is 18.2 Å². The quantitative estimate of drug-likeness (QED) is 0.725. The predicted molar refractivity (Wildman–Crippen MR) is 84.7 cm³/mol. The first kappa shape index (κ1) is 15.9. The number of benzene rings is 2. The van der Waals surface area contributed by atoms with Crippen LogP contribution in [0.25, 0.3) is 11.1 Å². The molecule has 3 rings (SSSR count). The number of rotatable bonds is 4. The minimum Gasteiger partial charge on any atom is -0.485 e. The average molecular weight is 330 g/mol. The van der Waals surface area contributed by atoms with E-state index in [4.69, 9.17) is 10.5 Å². The third-order valence-electron chi connectivity index (χ3n) is 3.50. The molecule has 122 valence electrons. The molecule has 2 aromatic carbocycles. The lowest BCUT2D eigenvalue weighted by Crippen LogP contribution is -2.06. The van der Waals surface area contributed by atoms with Crippen molar-refractivity contribution in [3.63, 3.8) is 0 Å². The van der Waals surface area contributed by atoms with Crippen LogP contribution in [-0.4, -0.2) is 4.98 Å². The molecule has 0 aliphatic heterocycles. The highest BCUT2D eigenvalue weighted by atomic mass is 19.2. The van der Waals surface area contributed by atoms with Gasteiger partial charge < -0.3 is 10.5 Å². The van der Waals surface area contributed by atoms with E-state index in [0.29, 0.717) is 0 Å². The maximum absolute atomic E-state index is 13.7. The van der Waals surface area contributed by atoms with Crippen LogP contribution in [0.5, 0.6) is 5.75 Å². The first-order valence-corrected chi connectivity index (χ1v) is 7.12. The number of hydrogen-bond acceptors (Lipinski definition) is 3. The van der Waals surface area contributed by atoms with Gasteiger partial charge in [0.25, 0.3) is 0 Å². The van der Waals surface area contributed by atoms with Gasteiger partial charge in [-0.3, -0.25) is 0 Å². The van der Waals surface area contributed by atoms with Gasteiger partial charge in [0, 0.05) is 11.8 Å². The van der Waals surface area contributed by atoms with Crippen molar-refractivity contribution in [1.29, 1.82) is 0 Å². The van der Waals surface area contributed by atoms with E-state index in [1.807, 2.05) is 30.3 Å². The van der Waals surface area contributed by atoms with Crippen LogP contribution in [0.1, 0.15) is 5.56 Å². The van der Waals surface area contributed by atoms with Crippen molar-refractivity contribution in [3.05, 3.63) is 77.7 Å². The molecule has 0 radical (unpaired) electrons. The van der Waals surface area contributed by atoms with Gasteiger partial charge in [0.1, 0.15) is 12.4 Å². The fourth-order valence-electron chi connectivity index (χ4n) is 2.21. The summed E-state index contributed by atoms with van der Waals surface area (Å²) in [6, 6.07) is 12.5. The zero-order chi connectivity index (χ0) is 17.1. The molecule has 0 bridgehead atoms. The predicted octanol–water partition coefficient (Wildman–Crippen LogP) is 4.33. The largest absolute Gasteiger partial charge is 0.485 e. The van der Waals surface area contributed by atoms with E-state index in [1.165, 1.54) is 0 Å². The minimum atomic E-state index is -1.28. The fraction of sp³-hybridized carbons (Fsp3) is 0.0556. The Morgan fingerprint density at radius 3 is 2.38 bits per heavy atom. The van der Waals surface area contributed by atoms with Crippen molar-refractivity contribution in [2.24, 2.45) is 0 Å². The standard InChI is InChI=1S/C18H13F3N2O/c19-14-6-7-15(20)17(21)13(14)10-24-16-8-12(9-23-18(16)22)11-4-2-1-3-5-11/h1-9H,10H2,(H2,22,23). The molecule has 3 nitrogen and oxygen atoms in total. The molecule has 0 aliphatic rings. The molecule has 6 heteroatoms. The topological polar surface area (TPSA) is 48.1 Å². The van der Waals surface area contributed by atoms with Gasteiger partial charge in [0.2, 0.25) is 0 Å². The monoisotopic (exact) mass is 330 g/mol. The maximum Gasteiger partial charge on any atom is 0.168 e. The number of nitrogens with zero attached hydrogens (tertiary/aromatic N) is 1. The minimum absolute atomic E-state index is 0.0758. The van der Waals surface area contributed by atoms with Crippen LogP contribution < -0.4 is 10.5 Å². The van der Waals surface area contributed by atoms with Crippen LogP contribution in [0.15, 0.2) is 54.7 Å². The summed E-state index contributed by atoms with van der Waals surface area (Å²) >= 11 is 0. The molecule has 1 heterocycles. The van der Waals surface area contributed by atoms with Gasteiger partial charge in [0.05, 0.1) is 5.56 Å². The fourth-order valence-corrected chi connectivity index (χ4v) is 2.21. The zero-order valence-corrected chi connectivity index (χ0v) is 12.5. The Balaban J connectivity index is 1.87. The third-order valence-corrected chi connectivity index (χ3v) is 3.50. The zero-order valence-electron chi connectivity index (χ0n) is 12.5. The summed E-state index contributed by atoms with van der Waals surface area (Å²) in [5.74, 6) is -3.06. The number of nitrogen functional groups attached to an aromatic ring is 1. The van der Waals surface area contributed by atoms with Gasteiger partial charge in [0.15, 0.2) is 23.2 Å². The van der Waals surface area contributed by atoms with Crippen LogP contribution >= 0.6 is 0 Å². The molecule has 0 spiro atoms. The van der Waals surface area contributed by atoms with Crippen LogP contribution in [0.3, 0.4) is 0 Å². The van der Waals surface area contributed by atoms with Gasteiger partial charge in [-0.1, -0.05) is 30.3 Å².